The van der Waals surface area contributed by atoms with E-state index in [9.17, 15) is 4.79 Å². The van der Waals surface area contributed by atoms with Crippen molar-refractivity contribution >= 4 is 6.09 Å². The van der Waals surface area contributed by atoms with Gasteiger partial charge in [-0.2, -0.15) is 0 Å². The maximum Gasteiger partial charge on any atom is 0.410 e. The number of carbonyl (C=O) groups is 1. The molecule has 1 aliphatic carbocycles. The third-order valence-corrected chi connectivity index (χ3v) is 3.13. The van der Waals surface area contributed by atoms with E-state index in [1.165, 1.54) is 0 Å². The van der Waals surface area contributed by atoms with Crippen LogP contribution in [-0.2, 0) is 4.74 Å². The molecule has 0 heterocycles. The molecule has 0 aromatic heterocycles. The molecule has 0 radical (unpaired) electrons. The minimum atomic E-state index is -0.416. The molecule has 0 aromatic carbocycles. The van der Waals surface area contributed by atoms with E-state index in [0.29, 0.717) is 12.0 Å². The van der Waals surface area contributed by atoms with Crippen molar-refractivity contribution in [3.63, 3.8) is 0 Å². The topological polar surface area (TPSA) is 55.6 Å². The van der Waals surface area contributed by atoms with E-state index in [1.807, 2.05) is 27.8 Å². The first-order chi connectivity index (χ1) is 7.78. The van der Waals surface area contributed by atoms with Crippen LogP contribution in [0.4, 0.5) is 4.79 Å². The molecule has 0 saturated heterocycles. The molecule has 0 aromatic rings. The molecule has 4 nitrogen and oxygen atoms in total. The third-order valence-electron chi connectivity index (χ3n) is 3.13. The zero-order valence-corrected chi connectivity index (χ0v) is 11.5. The number of nitrogens with zero attached hydrogens (tertiary/aromatic N) is 1. The Bertz CT molecular complexity index is 253. The molecule has 1 aliphatic rings. The van der Waals surface area contributed by atoms with Crippen LogP contribution >= 0.6 is 0 Å². The Kier molecular flexibility index (Phi) is 4.80. The average Bonchev–Trinajstić information content (AvgIpc) is 2.19. The SMILES string of the molecule is CN(C[C@H]1CC[C@@H](N)CC1)C(=O)OC(C)(C)C. The van der Waals surface area contributed by atoms with Crippen molar-refractivity contribution in [3.05, 3.63) is 0 Å². The first-order valence-corrected chi connectivity index (χ1v) is 6.47. The molecule has 0 aliphatic heterocycles. The lowest BCUT2D eigenvalue weighted by Gasteiger charge is -2.31. The van der Waals surface area contributed by atoms with Gasteiger partial charge in [-0.3, -0.25) is 0 Å². The van der Waals surface area contributed by atoms with Crippen molar-refractivity contribution in [1.82, 2.24) is 4.90 Å². The summed E-state index contributed by atoms with van der Waals surface area (Å²) in [6, 6.07) is 0.359. The number of rotatable bonds is 2. The minimum absolute atomic E-state index is 0.229. The standard InChI is InChI=1S/C13H26N2O2/c1-13(2,3)17-12(16)15(4)9-10-5-7-11(14)8-6-10/h10-11H,5-9,14H2,1-4H3/t10-,11+. The molecule has 4 heteroatoms. The number of amides is 1. The highest BCUT2D eigenvalue weighted by Crippen LogP contribution is 2.24. The number of nitrogens with two attached hydrogens (primary N) is 1. The van der Waals surface area contributed by atoms with Crippen LogP contribution in [0.15, 0.2) is 0 Å². The molecule has 0 unspecified atom stereocenters. The highest BCUT2D eigenvalue weighted by Gasteiger charge is 2.24. The van der Waals surface area contributed by atoms with Crippen molar-refractivity contribution in [3.8, 4) is 0 Å². The summed E-state index contributed by atoms with van der Waals surface area (Å²) in [5, 5.41) is 0. The van der Waals surface area contributed by atoms with Crippen LogP contribution in [0.2, 0.25) is 0 Å². The summed E-state index contributed by atoms with van der Waals surface area (Å²) in [5.74, 6) is 0.576. The van der Waals surface area contributed by atoms with Gasteiger partial charge in [0, 0.05) is 19.6 Å². The lowest BCUT2D eigenvalue weighted by atomic mass is 9.86. The van der Waals surface area contributed by atoms with E-state index < -0.39 is 5.60 Å². The quantitative estimate of drug-likeness (QED) is 0.808. The predicted octanol–water partition coefficient (Wildman–Crippen LogP) is 2.37. The fourth-order valence-corrected chi connectivity index (χ4v) is 2.17. The summed E-state index contributed by atoms with van der Waals surface area (Å²) in [6.07, 6.45) is 4.16. The van der Waals surface area contributed by atoms with Gasteiger partial charge in [-0.1, -0.05) is 0 Å². The molecule has 2 N–H and O–H groups in total. The van der Waals surface area contributed by atoms with Crippen LogP contribution in [0.3, 0.4) is 0 Å². The second kappa shape index (κ2) is 5.71. The molecule has 100 valence electrons. The van der Waals surface area contributed by atoms with E-state index in [4.69, 9.17) is 10.5 Å². The monoisotopic (exact) mass is 242 g/mol. The highest BCUT2D eigenvalue weighted by molar-refractivity contribution is 5.67. The summed E-state index contributed by atoms with van der Waals surface area (Å²) >= 11 is 0. The molecule has 0 spiro atoms. The maximum atomic E-state index is 11.8. The van der Waals surface area contributed by atoms with Crippen LogP contribution in [0.25, 0.3) is 0 Å². The summed E-state index contributed by atoms with van der Waals surface area (Å²) in [5.41, 5.74) is 5.45. The number of carbonyl (C=O) groups excluding carboxylic acids is 1. The fraction of sp³-hybridized carbons (Fsp3) is 0.923. The molecular weight excluding hydrogens is 216 g/mol. The second-order valence-corrected chi connectivity index (χ2v) is 6.14. The van der Waals surface area contributed by atoms with Gasteiger partial charge in [0.1, 0.15) is 5.60 Å². The van der Waals surface area contributed by atoms with Crippen LogP contribution in [0.1, 0.15) is 46.5 Å². The Labute approximate surface area is 104 Å². The van der Waals surface area contributed by atoms with Crippen LogP contribution in [-0.4, -0.2) is 36.2 Å². The normalized spacial score (nSPS) is 25.5. The first kappa shape index (κ1) is 14.3. The van der Waals surface area contributed by atoms with Crippen LogP contribution in [0, 0.1) is 5.92 Å². The van der Waals surface area contributed by atoms with Gasteiger partial charge in [-0.05, 0) is 52.4 Å². The van der Waals surface area contributed by atoms with Gasteiger partial charge in [0.2, 0.25) is 0 Å². The third kappa shape index (κ3) is 5.39. The van der Waals surface area contributed by atoms with Gasteiger partial charge in [-0.15, -0.1) is 0 Å². The van der Waals surface area contributed by atoms with E-state index in [2.05, 4.69) is 0 Å². The van der Waals surface area contributed by atoms with E-state index in [1.54, 1.807) is 4.90 Å². The molecule has 0 atom stereocenters. The van der Waals surface area contributed by atoms with Gasteiger partial charge in [0.15, 0.2) is 0 Å². The molecule has 0 bridgehead atoms. The lowest BCUT2D eigenvalue weighted by molar-refractivity contribution is 0.0261. The van der Waals surface area contributed by atoms with E-state index in [-0.39, 0.29) is 6.09 Å². The van der Waals surface area contributed by atoms with Gasteiger partial charge in [0.05, 0.1) is 0 Å². The van der Waals surface area contributed by atoms with Crippen LogP contribution < -0.4 is 5.73 Å². The lowest BCUT2D eigenvalue weighted by Crippen LogP contribution is -2.38. The molecule has 17 heavy (non-hydrogen) atoms. The molecule has 1 amide bonds. The van der Waals surface area contributed by atoms with Crippen molar-refractivity contribution in [1.29, 1.82) is 0 Å². The molecule has 1 fully saturated rings. The molecule has 1 saturated carbocycles. The number of hydrogen-bond donors (Lipinski definition) is 1. The van der Waals surface area contributed by atoms with Gasteiger partial charge in [0.25, 0.3) is 0 Å². The predicted molar refractivity (Wildman–Crippen MR) is 68.8 cm³/mol. The van der Waals surface area contributed by atoms with Gasteiger partial charge < -0.3 is 15.4 Å². The zero-order valence-electron chi connectivity index (χ0n) is 11.5. The van der Waals surface area contributed by atoms with Gasteiger partial charge >= 0.3 is 6.09 Å². The van der Waals surface area contributed by atoms with Gasteiger partial charge in [-0.25, -0.2) is 4.79 Å². The largest absolute Gasteiger partial charge is 0.444 e. The Balaban J connectivity index is 2.33. The average molecular weight is 242 g/mol. The van der Waals surface area contributed by atoms with Crippen LogP contribution in [0.5, 0.6) is 0 Å². The van der Waals surface area contributed by atoms with Crippen molar-refractivity contribution in [2.24, 2.45) is 11.7 Å². The van der Waals surface area contributed by atoms with E-state index in [0.717, 1.165) is 32.2 Å². The summed E-state index contributed by atoms with van der Waals surface area (Å²) in [4.78, 5) is 13.5. The highest BCUT2D eigenvalue weighted by atomic mass is 16.6. The Morgan fingerprint density at radius 3 is 2.29 bits per heavy atom. The smallest absolute Gasteiger partial charge is 0.410 e. The minimum Gasteiger partial charge on any atom is -0.444 e. The van der Waals surface area contributed by atoms with Crippen molar-refractivity contribution in [2.75, 3.05) is 13.6 Å². The van der Waals surface area contributed by atoms with E-state index >= 15 is 0 Å². The maximum absolute atomic E-state index is 11.8. The Morgan fingerprint density at radius 1 is 1.29 bits per heavy atom. The number of hydrogen-bond acceptors (Lipinski definition) is 3. The Morgan fingerprint density at radius 2 is 1.82 bits per heavy atom. The molecular formula is C13H26N2O2. The summed E-state index contributed by atoms with van der Waals surface area (Å²) in [7, 11) is 1.81. The summed E-state index contributed by atoms with van der Waals surface area (Å²) in [6.45, 7) is 6.44. The second-order valence-electron chi connectivity index (χ2n) is 6.14. The number of ether oxygens (including phenoxy) is 1. The molecule has 1 rings (SSSR count). The fourth-order valence-electron chi connectivity index (χ4n) is 2.17. The first-order valence-electron chi connectivity index (χ1n) is 6.47. The zero-order chi connectivity index (χ0) is 13.1. The Hall–Kier alpha value is -0.770. The summed E-state index contributed by atoms with van der Waals surface area (Å²) < 4.78 is 5.32. The van der Waals surface area contributed by atoms with Crippen molar-refractivity contribution < 1.29 is 9.53 Å². The van der Waals surface area contributed by atoms with Crippen molar-refractivity contribution in [2.45, 2.75) is 58.1 Å².